The third-order valence-electron chi connectivity index (χ3n) is 4.55. The Labute approximate surface area is 98.4 Å². The quantitative estimate of drug-likeness (QED) is 0.778. The molecule has 0 atom stereocenters. The maximum atomic E-state index is 12.7. The fraction of sp³-hybridized carbons (Fsp3) is 0.923. The van der Waals surface area contributed by atoms with E-state index in [0.29, 0.717) is 12.5 Å². The van der Waals surface area contributed by atoms with E-state index >= 15 is 0 Å². The molecule has 1 aliphatic carbocycles. The molecule has 1 heterocycles. The zero-order valence-corrected chi connectivity index (χ0v) is 10.6. The first-order chi connectivity index (χ1) is 7.52. The van der Waals surface area contributed by atoms with Gasteiger partial charge in [-0.15, -0.1) is 0 Å². The van der Waals surface area contributed by atoms with E-state index in [-0.39, 0.29) is 11.0 Å². The summed E-state index contributed by atoms with van der Waals surface area (Å²) in [7, 11) is 0. The number of nitrogens with two attached hydrogens (primary N) is 1. The van der Waals surface area contributed by atoms with Gasteiger partial charge in [0.15, 0.2) is 0 Å². The largest absolute Gasteiger partial charge is 0.337 e. The SMILES string of the molecule is CC1(C)CCCN1C(=O)C1(CN)CCCC1. The van der Waals surface area contributed by atoms with Gasteiger partial charge in [-0.1, -0.05) is 12.8 Å². The molecule has 3 nitrogen and oxygen atoms in total. The molecule has 3 heteroatoms. The van der Waals surface area contributed by atoms with Crippen LogP contribution in [-0.2, 0) is 4.79 Å². The number of likely N-dealkylation sites (tertiary alicyclic amines) is 1. The Morgan fingerprint density at radius 2 is 1.81 bits per heavy atom. The van der Waals surface area contributed by atoms with Crippen molar-refractivity contribution in [3.63, 3.8) is 0 Å². The molecule has 2 fully saturated rings. The van der Waals surface area contributed by atoms with Crippen LogP contribution in [0.15, 0.2) is 0 Å². The lowest BCUT2D eigenvalue weighted by Gasteiger charge is -2.38. The molecular formula is C13H24N2O. The summed E-state index contributed by atoms with van der Waals surface area (Å²) in [5.41, 5.74) is 5.70. The highest BCUT2D eigenvalue weighted by molar-refractivity contribution is 5.84. The number of nitrogens with zero attached hydrogens (tertiary/aromatic N) is 1. The van der Waals surface area contributed by atoms with Crippen molar-refractivity contribution in [1.29, 1.82) is 0 Å². The Balaban J connectivity index is 2.17. The zero-order chi connectivity index (χ0) is 11.8. The van der Waals surface area contributed by atoms with Crippen molar-refractivity contribution < 1.29 is 4.79 Å². The van der Waals surface area contributed by atoms with Crippen LogP contribution in [0.25, 0.3) is 0 Å². The van der Waals surface area contributed by atoms with Gasteiger partial charge in [-0.2, -0.15) is 0 Å². The molecule has 0 aromatic carbocycles. The first-order valence-corrected chi connectivity index (χ1v) is 6.54. The number of hydrogen-bond donors (Lipinski definition) is 1. The predicted octanol–water partition coefficient (Wildman–Crippen LogP) is 1.91. The van der Waals surface area contributed by atoms with Gasteiger partial charge < -0.3 is 10.6 Å². The minimum absolute atomic E-state index is 0.0435. The van der Waals surface area contributed by atoms with E-state index in [0.717, 1.165) is 45.1 Å². The van der Waals surface area contributed by atoms with Crippen molar-refractivity contribution in [2.45, 2.75) is 57.9 Å². The summed E-state index contributed by atoms with van der Waals surface area (Å²) < 4.78 is 0. The summed E-state index contributed by atoms with van der Waals surface area (Å²) in [5, 5.41) is 0. The van der Waals surface area contributed by atoms with Crippen molar-refractivity contribution in [3.05, 3.63) is 0 Å². The fourth-order valence-corrected chi connectivity index (χ4v) is 3.33. The summed E-state index contributed by atoms with van der Waals surface area (Å²) in [5.74, 6) is 0.329. The molecule has 1 saturated heterocycles. The lowest BCUT2D eigenvalue weighted by molar-refractivity contribution is -0.144. The highest BCUT2D eigenvalue weighted by atomic mass is 16.2. The lowest BCUT2D eigenvalue weighted by Crippen LogP contribution is -2.52. The first-order valence-electron chi connectivity index (χ1n) is 6.54. The molecule has 1 saturated carbocycles. The molecule has 92 valence electrons. The van der Waals surface area contributed by atoms with Crippen LogP contribution in [0.1, 0.15) is 52.4 Å². The van der Waals surface area contributed by atoms with Crippen LogP contribution in [-0.4, -0.2) is 29.4 Å². The smallest absolute Gasteiger partial charge is 0.230 e. The molecule has 0 radical (unpaired) electrons. The van der Waals surface area contributed by atoms with Crippen LogP contribution in [0.2, 0.25) is 0 Å². The molecule has 16 heavy (non-hydrogen) atoms. The van der Waals surface area contributed by atoms with E-state index < -0.39 is 0 Å². The number of hydrogen-bond acceptors (Lipinski definition) is 2. The van der Waals surface area contributed by atoms with E-state index in [1.807, 2.05) is 0 Å². The van der Waals surface area contributed by atoms with Crippen molar-refractivity contribution in [1.82, 2.24) is 4.90 Å². The van der Waals surface area contributed by atoms with Gasteiger partial charge in [-0.3, -0.25) is 4.79 Å². The Bertz CT molecular complexity index is 280. The Morgan fingerprint density at radius 1 is 1.19 bits per heavy atom. The molecule has 0 spiro atoms. The normalized spacial score (nSPS) is 27.3. The van der Waals surface area contributed by atoms with Crippen LogP contribution >= 0.6 is 0 Å². The number of carbonyl (C=O) groups excluding carboxylic acids is 1. The van der Waals surface area contributed by atoms with Gasteiger partial charge in [0.1, 0.15) is 0 Å². The minimum atomic E-state index is -0.221. The molecule has 2 aliphatic rings. The van der Waals surface area contributed by atoms with Crippen LogP contribution in [0.5, 0.6) is 0 Å². The number of amides is 1. The van der Waals surface area contributed by atoms with E-state index in [1.54, 1.807) is 0 Å². The Morgan fingerprint density at radius 3 is 2.25 bits per heavy atom. The average molecular weight is 224 g/mol. The molecule has 2 rings (SSSR count). The second-order valence-corrected chi connectivity index (χ2v) is 6.06. The molecule has 2 N–H and O–H groups in total. The maximum Gasteiger partial charge on any atom is 0.230 e. The van der Waals surface area contributed by atoms with Crippen molar-refractivity contribution in [2.24, 2.45) is 11.1 Å². The third-order valence-corrected chi connectivity index (χ3v) is 4.55. The summed E-state index contributed by atoms with van der Waals surface area (Å²) >= 11 is 0. The monoisotopic (exact) mass is 224 g/mol. The van der Waals surface area contributed by atoms with E-state index in [1.165, 1.54) is 0 Å². The number of carbonyl (C=O) groups is 1. The van der Waals surface area contributed by atoms with E-state index in [4.69, 9.17) is 5.73 Å². The van der Waals surface area contributed by atoms with Gasteiger partial charge in [0.2, 0.25) is 5.91 Å². The van der Waals surface area contributed by atoms with Crippen molar-refractivity contribution >= 4 is 5.91 Å². The summed E-state index contributed by atoms with van der Waals surface area (Å²) in [6.07, 6.45) is 6.58. The summed E-state index contributed by atoms with van der Waals surface area (Å²) in [6, 6.07) is 0. The van der Waals surface area contributed by atoms with Crippen LogP contribution in [0.4, 0.5) is 0 Å². The van der Waals surface area contributed by atoms with Gasteiger partial charge in [-0.25, -0.2) is 0 Å². The zero-order valence-electron chi connectivity index (χ0n) is 10.6. The molecule has 0 aromatic rings. The van der Waals surface area contributed by atoms with Gasteiger partial charge in [0.25, 0.3) is 0 Å². The highest BCUT2D eigenvalue weighted by Crippen LogP contribution is 2.42. The van der Waals surface area contributed by atoms with Gasteiger partial charge in [0.05, 0.1) is 5.41 Å². The predicted molar refractivity (Wildman–Crippen MR) is 65.0 cm³/mol. The van der Waals surface area contributed by atoms with Gasteiger partial charge >= 0.3 is 0 Å². The third kappa shape index (κ3) is 1.75. The minimum Gasteiger partial charge on any atom is -0.337 e. The topological polar surface area (TPSA) is 46.3 Å². The maximum absolute atomic E-state index is 12.7. The molecule has 1 aliphatic heterocycles. The van der Waals surface area contributed by atoms with E-state index in [2.05, 4.69) is 18.7 Å². The van der Waals surface area contributed by atoms with Crippen LogP contribution in [0, 0.1) is 5.41 Å². The van der Waals surface area contributed by atoms with Gasteiger partial charge in [0, 0.05) is 18.6 Å². The Hall–Kier alpha value is -0.570. The number of rotatable bonds is 2. The second-order valence-electron chi connectivity index (χ2n) is 6.06. The Kier molecular flexibility index (Phi) is 2.99. The first kappa shape index (κ1) is 11.9. The standard InChI is InChI=1S/C13H24N2O/c1-12(2)6-5-9-15(12)11(16)13(10-14)7-3-4-8-13/h3-10,14H2,1-2H3. The van der Waals surface area contributed by atoms with Crippen LogP contribution < -0.4 is 5.73 Å². The summed E-state index contributed by atoms with van der Waals surface area (Å²) in [4.78, 5) is 14.8. The molecule has 0 aromatic heterocycles. The fourth-order valence-electron chi connectivity index (χ4n) is 3.33. The molecular weight excluding hydrogens is 200 g/mol. The highest BCUT2D eigenvalue weighted by Gasteiger charge is 2.47. The van der Waals surface area contributed by atoms with Crippen molar-refractivity contribution in [2.75, 3.05) is 13.1 Å². The van der Waals surface area contributed by atoms with Crippen molar-refractivity contribution in [3.8, 4) is 0 Å². The molecule has 1 amide bonds. The molecule has 0 unspecified atom stereocenters. The van der Waals surface area contributed by atoms with Gasteiger partial charge in [-0.05, 0) is 39.5 Å². The average Bonchev–Trinajstić information content (AvgIpc) is 2.83. The second kappa shape index (κ2) is 4.02. The summed E-state index contributed by atoms with van der Waals surface area (Å²) in [6.45, 7) is 5.81. The van der Waals surface area contributed by atoms with E-state index in [9.17, 15) is 4.79 Å². The van der Waals surface area contributed by atoms with Crippen LogP contribution in [0.3, 0.4) is 0 Å². The lowest BCUT2D eigenvalue weighted by atomic mass is 9.83. The molecule has 0 bridgehead atoms.